The van der Waals surface area contributed by atoms with E-state index in [0.717, 1.165) is 0 Å². The van der Waals surface area contributed by atoms with Crippen LogP contribution in [0.4, 0.5) is 0 Å². The molecule has 1 aromatic heterocycles. The molecular weight excluding hydrogens is 155 g/mol. The molecule has 0 atom stereocenters. The Bertz CT molecular complexity index is 196. The summed E-state index contributed by atoms with van der Waals surface area (Å²) in [4.78, 5) is 0. The minimum absolute atomic E-state index is 0.590. The van der Waals surface area contributed by atoms with Gasteiger partial charge in [-0.25, -0.2) is 0 Å². The van der Waals surface area contributed by atoms with Crippen LogP contribution in [-0.2, 0) is 9.05 Å². The fourth-order valence-electron chi connectivity index (χ4n) is 0.647. The van der Waals surface area contributed by atoms with Gasteiger partial charge in [-0.2, -0.15) is 0 Å². The highest BCUT2D eigenvalue weighted by Gasteiger charge is 2.23. The van der Waals surface area contributed by atoms with Crippen LogP contribution in [0.15, 0.2) is 10.7 Å². The Kier molecular flexibility index (Phi) is 1.63. The molecule has 1 fully saturated rings. The lowest BCUT2D eigenvalue weighted by molar-refractivity contribution is 0.365. The van der Waals surface area contributed by atoms with Crippen LogP contribution in [0.2, 0.25) is 0 Å². The monoisotopic (exact) mass is 160 g/mol. The molecule has 6 heteroatoms. The molecular formula is C4H5N2O3P. The average Bonchev–Trinajstić information content (AvgIpc) is 2.59. The van der Waals surface area contributed by atoms with E-state index in [9.17, 15) is 0 Å². The SMILES string of the molecule is c1nnoc1P1OCCO1. The number of nitrogens with zero attached hydrogens (tertiary/aromatic N) is 2. The van der Waals surface area contributed by atoms with Crippen molar-refractivity contribution in [2.24, 2.45) is 0 Å². The predicted octanol–water partition coefficient (Wildman–Crippen LogP) is 0.0536. The lowest BCUT2D eigenvalue weighted by atomic mass is 10.8. The molecule has 0 radical (unpaired) electrons. The Morgan fingerprint density at radius 3 is 2.80 bits per heavy atom. The first kappa shape index (κ1) is 6.22. The summed E-state index contributed by atoms with van der Waals surface area (Å²) in [6.07, 6.45) is 1.51. The molecule has 0 spiro atoms. The van der Waals surface area contributed by atoms with E-state index >= 15 is 0 Å². The smallest absolute Gasteiger partial charge is 0.248 e. The van der Waals surface area contributed by atoms with Gasteiger partial charge in [0.05, 0.1) is 13.2 Å². The number of hydrogen-bond acceptors (Lipinski definition) is 5. The predicted molar refractivity (Wildman–Crippen MR) is 32.8 cm³/mol. The molecule has 0 saturated carbocycles. The zero-order valence-electron chi connectivity index (χ0n) is 5.06. The van der Waals surface area contributed by atoms with Crippen LogP contribution in [0.1, 0.15) is 0 Å². The van der Waals surface area contributed by atoms with Crippen molar-refractivity contribution < 1.29 is 13.6 Å². The van der Waals surface area contributed by atoms with Crippen LogP contribution < -0.4 is 5.50 Å². The van der Waals surface area contributed by atoms with Crippen LogP contribution in [-0.4, -0.2) is 23.6 Å². The topological polar surface area (TPSA) is 57.4 Å². The Labute approximate surface area is 58.2 Å². The van der Waals surface area contributed by atoms with Gasteiger partial charge in [-0.1, -0.05) is 0 Å². The third kappa shape index (κ3) is 1.03. The van der Waals surface area contributed by atoms with Gasteiger partial charge in [0.2, 0.25) is 13.9 Å². The maximum Gasteiger partial charge on any atom is 0.248 e. The Morgan fingerprint density at radius 2 is 2.20 bits per heavy atom. The van der Waals surface area contributed by atoms with Gasteiger partial charge in [0, 0.05) is 5.27 Å². The molecule has 54 valence electrons. The van der Waals surface area contributed by atoms with Crippen molar-refractivity contribution >= 4 is 13.9 Å². The normalized spacial score (nSPS) is 20.0. The van der Waals surface area contributed by atoms with Gasteiger partial charge in [0.15, 0.2) is 0 Å². The summed E-state index contributed by atoms with van der Waals surface area (Å²) in [5.74, 6) is 0. The van der Waals surface area contributed by atoms with Gasteiger partial charge < -0.3 is 13.6 Å². The first-order valence-corrected chi connectivity index (χ1v) is 3.98. The third-order valence-electron chi connectivity index (χ3n) is 1.03. The van der Waals surface area contributed by atoms with Gasteiger partial charge in [0.1, 0.15) is 6.20 Å². The summed E-state index contributed by atoms with van der Waals surface area (Å²) in [7, 11) is -0.995. The van der Waals surface area contributed by atoms with Gasteiger partial charge in [-0.3, -0.25) is 0 Å². The molecule has 1 aliphatic heterocycles. The molecule has 1 aliphatic rings. The van der Waals surface area contributed by atoms with E-state index in [-0.39, 0.29) is 0 Å². The molecule has 2 rings (SSSR count). The van der Waals surface area contributed by atoms with Crippen LogP contribution >= 0.6 is 8.38 Å². The molecule has 1 aromatic rings. The molecule has 5 nitrogen and oxygen atoms in total. The van der Waals surface area contributed by atoms with E-state index in [1.165, 1.54) is 6.20 Å². The van der Waals surface area contributed by atoms with Crippen LogP contribution in [0.3, 0.4) is 0 Å². The standard InChI is InChI=1S/C4H5N2O3P/c1-2-8-10(7-1)4-3-5-6-9-4/h3H,1-2H2. The van der Waals surface area contributed by atoms with Crippen molar-refractivity contribution in [3.8, 4) is 0 Å². The van der Waals surface area contributed by atoms with E-state index < -0.39 is 8.38 Å². The van der Waals surface area contributed by atoms with E-state index in [2.05, 4.69) is 10.4 Å². The average molecular weight is 160 g/mol. The summed E-state index contributed by atoms with van der Waals surface area (Å²) < 4.78 is 15.1. The molecule has 0 aliphatic carbocycles. The molecule has 2 heterocycles. The zero-order chi connectivity index (χ0) is 6.81. The minimum atomic E-state index is -0.995. The van der Waals surface area contributed by atoms with E-state index in [0.29, 0.717) is 18.7 Å². The summed E-state index contributed by atoms with van der Waals surface area (Å²) >= 11 is 0. The number of aromatic nitrogens is 2. The molecule has 0 unspecified atom stereocenters. The van der Waals surface area contributed by atoms with Crippen molar-refractivity contribution in [1.29, 1.82) is 0 Å². The van der Waals surface area contributed by atoms with E-state index in [1.807, 2.05) is 0 Å². The summed E-state index contributed by atoms with van der Waals surface area (Å²) in [6, 6.07) is 0. The van der Waals surface area contributed by atoms with Crippen LogP contribution in [0.25, 0.3) is 0 Å². The number of hydrogen-bond donors (Lipinski definition) is 0. The first-order valence-electron chi connectivity index (χ1n) is 2.80. The quantitative estimate of drug-likeness (QED) is 0.543. The molecule has 0 aromatic carbocycles. The van der Waals surface area contributed by atoms with Crippen molar-refractivity contribution in [2.75, 3.05) is 13.2 Å². The van der Waals surface area contributed by atoms with Crippen molar-refractivity contribution in [1.82, 2.24) is 10.4 Å². The fourth-order valence-corrected chi connectivity index (χ4v) is 1.71. The fraction of sp³-hybridized carbons (Fsp3) is 0.500. The Hall–Kier alpha value is -0.510. The van der Waals surface area contributed by atoms with E-state index in [4.69, 9.17) is 13.6 Å². The lowest BCUT2D eigenvalue weighted by Crippen LogP contribution is -1.95. The zero-order valence-corrected chi connectivity index (χ0v) is 5.95. The second-order valence-electron chi connectivity index (χ2n) is 1.68. The molecule has 10 heavy (non-hydrogen) atoms. The summed E-state index contributed by atoms with van der Waals surface area (Å²) in [6.45, 7) is 1.26. The van der Waals surface area contributed by atoms with Gasteiger partial charge in [-0.05, 0) is 0 Å². The highest BCUT2D eigenvalue weighted by molar-refractivity contribution is 7.55. The lowest BCUT2D eigenvalue weighted by Gasteiger charge is -1.98. The van der Waals surface area contributed by atoms with Gasteiger partial charge in [-0.15, -0.1) is 5.10 Å². The van der Waals surface area contributed by atoms with Gasteiger partial charge >= 0.3 is 0 Å². The van der Waals surface area contributed by atoms with Crippen molar-refractivity contribution in [3.05, 3.63) is 6.20 Å². The molecule has 0 bridgehead atoms. The summed E-state index contributed by atoms with van der Waals surface area (Å²) in [5, 5.41) is 6.80. The highest BCUT2D eigenvalue weighted by atomic mass is 31.2. The highest BCUT2D eigenvalue weighted by Crippen LogP contribution is 2.40. The third-order valence-corrected chi connectivity index (χ3v) is 2.42. The minimum Gasteiger partial charge on any atom is -0.332 e. The Morgan fingerprint density at radius 1 is 1.40 bits per heavy atom. The van der Waals surface area contributed by atoms with Crippen LogP contribution in [0.5, 0.6) is 0 Å². The number of rotatable bonds is 1. The maximum absolute atomic E-state index is 5.17. The van der Waals surface area contributed by atoms with E-state index in [1.54, 1.807) is 0 Å². The molecule has 1 saturated heterocycles. The largest absolute Gasteiger partial charge is 0.332 e. The molecule has 0 amide bonds. The second kappa shape index (κ2) is 2.62. The maximum atomic E-state index is 5.17. The molecule has 0 N–H and O–H groups in total. The first-order chi connectivity index (χ1) is 4.97. The Balaban J connectivity index is 2.12. The second-order valence-corrected chi connectivity index (χ2v) is 3.15. The van der Waals surface area contributed by atoms with Crippen molar-refractivity contribution in [2.45, 2.75) is 0 Å². The van der Waals surface area contributed by atoms with Crippen LogP contribution in [0, 0.1) is 0 Å². The summed E-state index contributed by atoms with van der Waals surface area (Å²) in [5.41, 5.74) is 0.590. The van der Waals surface area contributed by atoms with Crippen molar-refractivity contribution in [3.63, 3.8) is 0 Å². The van der Waals surface area contributed by atoms with Gasteiger partial charge in [0.25, 0.3) is 0 Å².